The Bertz CT molecular complexity index is 205. The van der Waals surface area contributed by atoms with E-state index in [0.29, 0.717) is 6.10 Å². The first-order valence-corrected chi connectivity index (χ1v) is 5.45. The Morgan fingerprint density at radius 3 is 2.38 bits per heavy atom. The van der Waals surface area contributed by atoms with Gasteiger partial charge in [-0.2, -0.15) is 5.26 Å². The molecule has 2 heteroatoms. The molecule has 0 N–H and O–H groups in total. The van der Waals surface area contributed by atoms with Crippen LogP contribution in [0.3, 0.4) is 0 Å². The molecule has 0 amide bonds. The highest BCUT2D eigenvalue weighted by molar-refractivity contribution is 4.92. The van der Waals surface area contributed by atoms with Crippen molar-refractivity contribution in [2.75, 3.05) is 0 Å². The third-order valence-electron chi connectivity index (χ3n) is 3.29. The van der Waals surface area contributed by atoms with E-state index in [2.05, 4.69) is 6.07 Å². The standard InChI is InChI=1S/C11H17NO/c12-8-9-4-1-2-7-11(9)13-10-5-3-6-10/h9-11H,1-7H2. The molecule has 2 saturated carbocycles. The lowest BCUT2D eigenvalue weighted by Crippen LogP contribution is -2.34. The van der Waals surface area contributed by atoms with E-state index in [1.807, 2.05) is 0 Å². The van der Waals surface area contributed by atoms with Gasteiger partial charge >= 0.3 is 0 Å². The van der Waals surface area contributed by atoms with Crippen LogP contribution in [-0.4, -0.2) is 12.2 Å². The summed E-state index contributed by atoms with van der Waals surface area (Å²) in [4.78, 5) is 0. The molecule has 13 heavy (non-hydrogen) atoms. The molecule has 0 heterocycles. The quantitative estimate of drug-likeness (QED) is 0.652. The predicted octanol–water partition coefficient (Wildman–Crippen LogP) is 2.64. The number of rotatable bonds is 2. The van der Waals surface area contributed by atoms with Crippen molar-refractivity contribution in [2.24, 2.45) is 5.92 Å². The second-order valence-corrected chi connectivity index (χ2v) is 4.25. The summed E-state index contributed by atoms with van der Waals surface area (Å²) in [5, 5.41) is 8.94. The van der Waals surface area contributed by atoms with Gasteiger partial charge in [-0.3, -0.25) is 0 Å². The molecule has 2 aliphatic carbocycles. The first kappa shape index (κ1) is 9.02. The lowest BCUT2D eigenvalue weighted by Gasteiger charge is -2.34. The van der Waals surface area contributed by atoms with Crippen molar-refractivity contribution < 1.29 is 4.74 Å². The van der Waals surface area contributed by atoms with Gasteiger partial charge in [-0.05, 0) is 32.1 Å². The third-order valence-corrected chi connectivity index (χ3v) is 3.29. The zero-order valence-corrected chi connectivity index (χ0v) is 8.04. The molecule has 0 saturated heterocycles. The Hall–Kier alpha value is -0.550. The summed E-state index contributed by atoms with van der Waals surface area (Å²) >= 11 is 0. The van der Waals surface area contributed by atoms with Crippen molar-refractivity contribution in [1.29, 1.82) is 5.26 Å². The highest BCUT2D eigenvalue weighted by Crippen LogP contribution is 2.31. The molecule has 0 aromatic carbocycles. The minimum absolute atomic E-state index is 0.175. The van der Waals surface area contributed by atoms with Gasteiger partial charge in [0.1, 0.15) is 0 Å². The molecule has 2 aliphatic rings. The molecule has 72 valence electrons. The smallest absolute Gasteiger partial charge is 0.0736 e. The van der Waals surface area contributed by atoms with Crippen molar-refractivity contribution in [2.45, 2.75) is 57.2 Å². The van der Waals surface area contributed by atoms with E-state index in [-0.39, 0.29) is 12.0 Å². The van der Waals surface area contributed by atoms with E-state index < -0.39 is 0 Å². The molecule has 0 radical (unpaired) electrons. The van der Waals surface area contributed by atoms with Gasteiger partial charge in [0.05, 0.1) is 24.2 Å². The van der Waals surface area contributed by atoms with Crippen LogP contribution in [0.5, 0.6) is 0 Å². The summed E-state index contributed by atoms with van der Waals surface area (Å²) in [7, 11) is 0. The van der Waals surface area contributed by atoms with Crippen molar-refractivity contribution in [3.05, 3.63) is 0 Å². The monoisotopic (exact) mass is 179 g/mol. The van der Waals surface area contributed by atoms with Gasteiger partial charge in [0.15, 0.2) is 0 Å². The van der Waals surface area contributed by atoms with Crippen LogP contribution in [0.25, 0.3) is 0 Å². The lowest BCUT2D eigenvalue weighted by molar-refractivity contribution is -0.0787. The van der Waals surface area contributed by atoms with Crippen LogP contribution in [0.15, 0.2) is 0 Å². The molecule has 2 fully saturated rings. The molecule has 2 nitrogen and oxygen atoms in total. The maximum absolute atomic E-state index is 8.94. The Morgan fingerprint density at radius 2 is 1.77 bits per heavy atom. The maximum atomic E-state index is 8.94. The molecule has 0 aromatic heterocycles. The van der Waals surface area contributed by atoms with Gasteiger partial charge in [0, 0.05) is 0 Å². The molecule has 0 bridgehead atoms. The first-order valence-electron chi connectivity index (χ1n) is 5.45. The van der Waals surface area contributed by atoms with Gasteiger partial charge in [-0.15, -0.1) is 0 Å². The van der Waals surface area contributed by atoms with Gasteiger partial charge in [-0.1, -0.05) is 12.8 Å². The average Bonchev–Trinajstić information content (AvgIpc) is 2.12. The van der Waals surface area contributed by atoms with Crippen molar-refractivity contribution >= 4 is 0 Å². The molecule has 0 aliphatic heterocycles. The largest absolute Gasteiger partial charge is 0.374 e. The van der Waals surface area contributed by atoms with E-state index in [9.17, 15) is 0 Å². The minimum atomic E-state index is 0.175. The van der Waals surface area contributed by atoms with Crippen LogP contribution in [0.2, 0.25) is 0 Å². The highest BCUT2D eigenvalue weighted by Gasteiger charge is 2.30. The molecule has 2 unspecified atom stereocenters. The van der Waals surface area contributed by atoms with Crippen LogP contribution < -0.4 is 0 Å². The van der Waals surface area contributed by atoms with Gasteiger partial charge < -0.3 is 4.74 Å². The van der Waals surface area contributed by atoms with Crippen LogP contribution in [0.4, 0.5) is 0 Å². The summed E-state index contributed by atoms with van der Waals surface area (Å²) in [6.07, 6.45) is 9.10. The summed E-state index contributed by atoms with van der Waals surface area (Å²) in [5.74, 6) is 0.175. The van der Waals surface area contributed by atoms with Crippen LogP contribution in [0, 0.1) is 17.2 Å². The molecule has 2 rings (SSSR count). The fraction of sp³-hybridized carbons (Fsp3) is 0.909. The summed E-state index contributed by atoms with van der Waals surface area (Å²) in [6, 6.07) is 2.38. The Labute approximate surface area is 79.9 Å². The number of hydrogen-bond donors (Lipinski definition) is 0. The number of nitriles is 1. The molecule has 0 spiro atoms. The Morgan fingerprint density at radius 1 is 1.00 bits per heavy atom. The van der Waals surface area contributed by atoms with E-state index in [1.54, 1.807) is 0 Å². The van der Waals surface area contributed by atoms with Crippen molar-refractivity contribution in [3.8, 4) is 6.07 Å². The summed E-state index contributed by atoms with van der Waals surface area (Å²) in [5.41, 5.74) is 0. The van der Waals surface area contributed by atoms with E-state index in [1.165, 1.54) is 32.1 Å². The fourth-order valence-corrected chi connectivity index (χ4v) is 2.16. The summed E-state index contributed by atoms with van der Waals surface area (Å²) in [6.45, 7) is 0. The zero-order valence-electron chi connectivity index (χ0n) is 8.04. The SMILES string of the molecule is N#CC1CCCCC1OC1CCC1. The molecule has 0 aromatic rings. The predicted molar refractivity (Wildman–Crippen MR) is 50.1 cm³/mol. The zero-order chi connectivity index (χ0) is 9.10. The average molecular weight is 179 g/mol. The minimum Gasteiger partial charge on any atom is -0.374 e. The number of nitrogens with zero attached hydrogens (tertiary/aromatic N) is 1. The maximum Gasteiger partial charge on any atom is 0.0736 e. The normalized spacial score (nSPS) is 35.0. The van der Waals surface area contributed by atoms with E-state index >= 15 is 0 Å². The summed E-state index contributed by atoms with van der Waals surface area (Å²) < 4.78 is 5.91. The van der Waals surface area contributed by atoms with E-state index in [0.717, 1.165) is 12.8 Å². The fourth-order valence-electron chi connectivity index (χ4n) is 2.16. The lowest BCUT2D eigenvalue weighted by atomic mass is 9.86. The Kier molecular flexibility index (Phi) is 2.85. The second kappa shape index (κ2) is 4.11. The van der Waals surface area contributed by atoms with Gasteiger partial charge in [-0.25, -0.2) is 0 Å². The second-order valence-electron chi connectivity index (χ2n) is 4.25. The molecular formula is C11H17NO. The Balaban J connectivity index is 1.83. The third kappa shape index (κ3) is 2.03. The van der Waals surface area contributed by atoms with Crippen molar-refractivity contribution in [3.63, 3.8) is 0 Å². The highest BCUT2D eigenvalue weighted by atomic mass is 16.5. The van der Waals surface area contributed by atoms with Gasteiger partial charge in [0.25, 0.3) is 0 Å². The van der Waals surface area contributed by atoms with Crippen LogP contribution in [-0.2, 0) is 4.74 Å². The number of hydrogen-bond acceptors (Lipinski definition) is 2. The number of ether oxygens (including phenoxy) is 1. The topological polar surface area (TPSA) is 33.0 Å². The van der Waals surface area contributed by atoms with Crippen LogP contribution >= 0.6 is 0 Å². The van der Waals surface area contributed by atoms with E-state index in [4.69, 9.17) is 10.00 Å². The first-order chi connectivity index (χ1) is 6.40. The van der Waals surface area contributed by atoms with Crippen LogP contribution in [0.1, 0.15) is 44.9 Å². The van der Waals surface area contributed by atoms with Crippen molar-refractivity contribution in [1.82, 2.24) is 0 Å². The molecular weight excluding hydrogens is 162 g/mol. The molecule has 2 atom stereocenters. The van der Waals surface area contributed by atoms with Gasteiger partial charge in [0.2, 0.25) is 0 Å².